The third-order valence-corrected chi connectivity index (χ3v) is 5.27. The summed E-state index contributed by atoms with van der Waals surface area (Å²) in [5.74, 6) is 0. The Balaban J connectivity index is 3.17. The van der Waals surface area contributed by atoms with Crippen LogP contribution in [0.25, 0.3) is 0 Å². The third-order valence-electron chi connectivity index (χ3n) is 2.40. The van der Waals surface area contributed by atoms with E-state index in [0.717, 1.165) is 0 Å². The second-order valence-electron chi connectivity index (χ2n) is 3.82. The number of hydrogen-bond acceptors (Lipinski definition) is 4. The molecule has 18 heavy (non-hydrogen) atoms. The Kier molecular flexibility index (Phi) is 5.58. The van der Waals surface area contributed by atoms with E-state index in [0.29, 0.717) is 23.1 Å². The van der Waals surface area contributed by atoms with E-state index in [1.54, 1.807) is 12.1 Å². The Hall–Kier alpha value is -0.630. The SMILES string of the molecule is CCCN(CCO)S(=O)(=O)c1ccc(N)cc1Br. The van der Waals surface area contributed by atoms with E-state index in [1.165, 1.54) is 10.4 Å². The van der Waals surface area contributed by atoms with Crippen LogP contribution in [0.15, 0.2) is 27.6 Å². The van der Waals surface area contributed by atoms with Gasteiger partial charge in [-0.1, -0.05) is 6.92 Å². The highest BCUT2D eigenvalue weighted by molar-refractivity contribution is 9.10. The van der Waals surface area contributed by atoms with Crippen LogP contribution in [0.1, 0.15) is 13.3 Å². The fourth-order valence-corrected chi connectivity index (χ4v) is 4.16. The minimum absolute atomic E-state index is 0.0903. The first-order valence-corrected chi connectivity index (χ1v) is 7.82. The smallest absolute Gasteiger partial charge is 0.244 e. The highest BCUT2D eigenvalue weighted by Gasteiger charge is 2.25. The molecule has 0 aliphatic rings. The van der Waals surface area contributed by atoms with E-state index in [4.69, 9.17) is 10.8 Å². The Morgan fingerprint density at radius 1 is 1.39 bits per heavy atom. The average Bonchev–Trinajstić information content (AvgIpc) is 2.28. The molecule has 0 heterocycles. The fraction of sp³-hybridized carbons (Fsp3) is 0.455. The lowest BCUT2D eigenvalue weighted by atomic mass is 10.3. The van der Waals surface area contributed by atoms with Crippen molar-refractivity contribution in [1.29, 1.82) is 0 Å². The maximum Gasteiger partial charge on any atom is 0.244 e. The standard InChI is InChI=1S/C11H17BrN2O3S/c1-2-5-14(6-7-15)18(16,17)11-4-3-9(13)8-10(11)12/h3-4,8,15H,2,5-7,13H2,1H3. The van der Waals surface area contributed by atoms with Gasteiger partial charge in [0, 0.05) is 23.2 Å². The molecule has 0 fully saturated rings. The molecule has 0 aromatic heterocycles. The number of sulfonamides is 1. The van der Waals surface area contributed by atoms with Crippen LogP contribution >= 0.6 is 15.9 Å². The summed E-state index contributed by atoms with van der Waals surface area (Å²) in [6.07, 6.45) is 0.686. The molecule has 0 unspecified atom stereocenters. The highest BCUT2D eigenvalue weighted by atomic mass is 79.9. The maximum atomic E-state index is 12.4. The Bertz CT molecular complexity index is 499. The fourth-order valence-electron chi connectivity index (χ4n) is 1.58. The molecule has 1 aromatic carbocycles. The van der Waals surface area contributed by atoms with Crippen LogP contribution < -0.4 is 5.73 Å². The lowest BCUT2D eigenvalue weighted by Gasteiger charge is -2.21. The monoisotopic (exact) mass is 336 g/mol. The zero-order valence-corrected chi connectivity index (χ0v) is 12.5. The topological polar surface area (TPSA) is 83.6 Å². The molecule has 0 radical (unpaired) electrons. The van der Waals surface area contributed by atoms with Gasteiger partial charge < -0.3 is 10.8 Å². The van der Waals surface area contributed by atoms with Gasteiger partial charge in [-0.25, -0.2) is 8.42 Å². The zero-order chi connectivity index (χ0) is 13.8. The summed E-state index contributed by atoms with van der Waals surface area (Å²) in [6, 6.07) is 4.56. The van der Waals surface area contributed by atoms with E-state index in [1.807, 2.05) is 6.92 Å². The summed E-state index contributed by atoms with van der Waals surface area (Å²) >= 11 is 3.21. The molecule has 0 aliphatic heterocycles. The number of nitrogens with two attached hydrogens (primary N) is 1. The molecule has 5 nitrogen and oxygen atoms in total. The van der Waals surface area contributed by atoms with Gasteiger partial charge in [0.15, 0.2) is 0 Å². The normalized spacial score (nSPS) is 12.0. The van der Waals surface area contributed by atoms with Crippen LogP contribution in [0.5, 0.6) is 0 Å². The van der Waals surface area contributed by atoms with Crippen molar-refractivity contribution in [2.24, 2.45) is 0 Å². The molecule has 0 amide bonds. The molecule has 3 N–H and O–H groups in total. The van der Waals surface area contributed by atoms with Gasteiger partial charge in [-0.05, 0) is 40.5 Å². The van der Waals surface area contributed by atoms with Gasteiger partial charge in [-0.15, -0.1) is 0 Å². The first-order chi connectivity index (χ1) is 8.43. The van der Waals surface area contributed by atoms with Gasteiger partial charge in [0.25, 0.3) is 0 Å². The lowest BCUT2D eigenvalue weighted by Crippen LogP contribution is -2.34. The molecule has 1 rings (SSSR count). The number of aliphatic hydroxyl groups is 1. The quantitative estimate of drug-likeness (QED) is 0.769. The van der Waals surface area contributed by atoms with Crippen LogP contribution in [-0.2, 0) is 10.0 Å². The third kappa shape index (κ3) is 3.44. The number of anilines is 1. The molecular formula is C11H17BrN2O3S. The van der Waals surface area contributed by atoms with Crippen LogP contribution in [0, 0.1) is 0 Å². The van der Waals surface area contributed by atoms with Gasteiger partial charge in [0.05, 0.1) is 11.5 Å². The second kappa shape index (κ2) is 6.51. The number of benzene rings is 1. The molecule has 102 valence electrons. The van der Waals surface area contributed by atoms with Gasteiger partial charge in [0.1, 0.15) is 0 Å². The molecule has 7 heteroatoms. The van der Waals surface area contributed by atoms with E-state index in [-0.39, 0.29) is 18.0 Å². The minimum atomic E-state index is -3.60. The van der Waals surface area contributed by atoms with E-state index in [2.05, 4.69) is 15.9 Å². The van der Waals surface area contributed by atoms with Crippen molar-refractivity contribution in [3.05, 3.63) is 22.7 Å². The predicted octanol–water partition coefficient (Wildman–Crippen LogP) is 1.42. The largest absolute Gasteiger partial charge is 0.399 e. The number of nitrogens with zero attached hydrogens (tertiary/aromatic N) is 1. The Labute approximate surface area is 116 Å². The van der Waals surface area contributed by atoms with Crippen LogP contribution in [0.2, 0.25) is 0 Å². The molecular weight excluding hydrogens is 320 g/mol. The van der Waals surface area contributed by atoms with Gasteiger partial charge in [-0.2, -0.15) is 4.31 Å². The number of halogens is 1. The Morgan fingerprint density at radius 3 is 2.56 bits per heavy atom. The molecule has 0 atom stereocenters. The number of rotatable bonds is 6. The number of aliphatic hydroxyl groups excluding tert-OH is 1. The van der Waals surface area contributed by atoms with Crippen molar-refractivity contribution in [1.82, 2.24) is 4.31 Å². The minimum Gasteiger partial charge on any atom is -0.399 e. The Morgan fingerprint density at radius 2 is 2.06 bits per heavy atom. The van der Waals surface area contributed by atoms with Crippen LogP contribution in [0.3, 0.4) is 0 Å². The van der Waals surface area contributed by atoms with Crippen LogP contribution in [0.4, 0.5) is 5.69 Å². The van der Waals surface area contributed by atoms with Gasteiger partial charge in [0.2, 0.25) is 10.0 Å². The maximum absolute atomic E-state index is 12.4. The molecule has 0 saturated heterocycles. The van der Waals surface area contributed by atoms with Crippen molar-refractivity contribution in [2.75, 3.05) is 25.4 Å². The molecule has 0 saturated carbocycles. The number of nitrogen functional groups attached to an aromatic ring is 1. The van der Waals surface area contributed by atoms with E-state index >= 15 is 0 Å². The van der Waals surface area contributed by atoms with E-state index in [9.17, 15) is 8.42 Å². The first kappa shape index (κ1) is 15.4. The second-order valence-corrected chi connectivity index (χ2v) is 6.58. The van der Waals surface area contributed by atoms with Crippen molar-refractivity contribution in [3.63, 3.8) is 0 Å². The van der Waals surface area contributed by atoms with Crippen molar-refractivity contribution in [3.8, 4) is 0 Å². The first-order valence-electron chi connectivity index (χ1n) is 5.59. The molecule has 1 aromatic rings. The van der Waals surface area contributed by atoms with Crippen molar-refractivity contribution < 1.29 is 13.5 Å². The van der Waals surface area contributed by atoms with Gasteiger partial charge in [-0.3, -0.25) is 0 Å². The summed E-state index contributed by atoms with van der Waals surface area (Å²) < 4.78 is 26.5. The van der Waals surface area contributed by atoms with Crippen LogP contribution in [-0.4, -0.2) is 37.5 Å². The van der Waals surface area contributed by atoms with E-state index < -0.39 is 10.0 Å². The van der Waals surface area contributed by atoms with Crippen molar-refractivity contribution >= 4 is 31.6 Å². The summed E-state index contributed by atoms with van der Waals surface area (Å²) in [7, 11) is -3.60. The summed E-state index contributed by atoms with van der Waals surface area (Å²) in [5.41, 5.74) is 6.08. The van der Waals surface area contributed by atoms with Gasteiger partial charge >= 0.3 is 0 Å². The summed E-state index contributed by atoms with van der Waals surface area (Å²) in [6.45, 7) is 2.15. The highest BCUT2D eigenvalue weighted by Crippen LogP contribution is 2.27. The predicted molar refractivity (Wildman–Crippen MR) is 74.7 cm³/mol. The zero-order valence-electron chi connectivity index (χ0n) is 10.1. The summed E-state index contributed by atoms with van der Waals surface area (Å²) in [5, 5.41) is 8.95. The molecule has 0 aliphatic carbocycles. The lowest BCUT2D eigenvalue weighted by molar-refractivity contribution is 0.253. The number of hydrogen-bond donors (Lipinski definition) is 2. The summed E-state index contributed by atoms with van der Waals surface area (Å²) in [4.78, 5) is 0.165. The molecule has 0 bridgehead atoms. The molecule has 0 spiro atoms. The average molecular weight is 337 g/mol. The van der Waals surface area contributed by atoms with Crippen molar-refractivity contribution in [2.45, 2.75) is 18.2 Å².